The average Bonchev–Trinajstić information content (AvgIpc) is 2.39. The number of rotatable bonds is 4. The number of carbonyl (C=O) groups excluding carboxylic acids is 2. The van der Waals surface area contributed by atoms with Crippen LogP contribution in [0.15, 0.2) is 18.2 Å². The van der Waals surface area contributed by atoms with Gasteiger partial charge in [0.05, 0.1) is 18.1 Å². The summed E-state index contributed by atoms with van der Waals surface area (Å²) in [5.74, 6) is -1.43. The number of nitrogens with one attached hydrogen (secondary N) is 2. The number of urea groups is 1. The van der Waals surface area contributed by atoms with E-state index < -0.39 is 23.7 Å². The second kappa shape index (κ2) is 6.94. The molecule has 0 fully saturated rings. The van der Waals surface area contributed by atoms with Crippen molar-refractivity contribution < 1.29 is 18.7 Å². The molecule has 2 N–H and O–H groups in total. The van der Waals surface area contributed by atoms with Gasteiger partial charge in [-0.15, -0.1) is 0 Å². The van der Waals surface area contributed by atoms with Crippen LogP contribution in [0.4, 0.5) is 14.9 Å². The number of amides is 2. The fourth-order valence-corrected chi connectivity index (χ4v) is 1.46. The van der Waals surface area contributed by atoms with Crippen LogP contribution < -0.4 is 10.6 Å². The molecule has 1 aromatic rings. The van der Waals surface area contributed by atoms with E-state index in [4.69, 9.17) is 11.6 Å². The van der Waals surface area contributed by atoms with E-state index in [1.807, 2.05) is 0 Å². The molecule has 104 valence electrons. The maximum Gasteiger partial charge on any atom is 0.319 e. The molecule has 0 aliphatic heterocycles. The lowest BCUT2D eigenvalue weighted by Crippen LogP contribution is -2.35. The molecule has 0 bridgehead atoms. The van der Waals surface area contributed by atoms with E-state index in [9.17, 15) is 14.0 Å². The third kappa shape index (κ3) is 4.75. The van der Waals surface area contributed by atoms with E-state index in [1.54, 1.807) is 6.92 Å². The molecule has 1 rings (SSSR count). The SMILES string of the molecule is COC(=O)[C@H](C)CNC(=O)Nc1ccc(F)c(Cl)c1. The Morgan fingerprint density at radius 2 is 2.16 bits per heavy atom. The van der Waals surface area contributed by atoms with Crippen LogP contribution in [0.3, 0.4) is 0 Å². The van der Waals surface area contributed by atoms with Gasteiger partial charge in [0.2, 0.25) is 0 Å². The van der Waals surface area contributed by atoms with E-state index in [-0.39, 0.29) is 11.6 Å². The van der Waals surface area contributed by atoms with Crippen molar-refractivity contribution in [1.82, 2.24) is 5.32 Å². The monoisotopic (exact) mass is 288 g/mol. The van der Waals surface area contributed by atoms with Crippen LogP contribution in [0.1, 0.15) is 6.92 Å². The second-order valence-electron chi connectivity index (χ2n) is 3.89. The fraction of sp³-hybridized carbons (Fsp3) is 0.333. The first-order chi connectivity index (χ1) is 8.93. The Kier molecular flexibility index (Phi) is 5.57. The highest BCUT2D eigenvalue weighted by atomic mass is 35.5. The zero-order valence-electron chi connectivity index (χ0n) is 10.5. The summed E-state index contributed by atoms with van der Waals surface area (Å²) in [6, 6.07) is 3.30. The van der Waals surface area contributed by atoms with Crippen LogP contribution in [0.5, 0.6) is 0 Å². The molecule has 5 nitrogen and oxygen atoms in total. The molecule has 1 aromatic carbocycles. The Labute approximate surface area is 115 Å². The molecule has 0 unspecified atom stereocenters. The molecule has 0 saturated carbocycles. The Hall–Kier alpha value is -1.82. The zero-order chi connectivity index (χ0) is 14.4. The molecule has 0 saturated heterocycles. The van der Waals surface area contributed by atoms with Crippen LogP contribution in [0.25, 0.3) is 0 Å². The Bertz CT molecular complexity index is 482. The van der Waals surface area contributed by atoms with Gasteiger partial charge in [-0.3, -0.25) is 4.79 Å². The molecule has 0 spiro atoms. The first-order valence-corrected chi connectivity index (χ1v) is 5.89. The summed E-state index contributed by atoms with van der Waals surface area (Å²) in [5.41, 5.74) is 0.356. The number of hydrogen-bond donors (Lipinski definition) is 2. The molecule has 1 atom stereocenters. The number of esters is 1. The maximum atomic E-state index is 12.9. The normalized spacial score (nSPS) is 11.6. The molecule has 0 aliphatic carbocycles. The lowest BCUT2D eigenvalue weighted by Gasteiger charge is -2.11. The Morgan fingerprint density at radius 1 is 1.47 bits per heavy atom. The summed E-state index contributed by atoms with van der Waals surface area (Å²) in [7, 11) is 1.28. The van der Waals surface area contributed by atoms with Crippen molar-refractivity contribution in [2.24, 2.45) is 5.92 Å². The summed E-state index contributed by atoms with van der Waals surface area (Å²) in [6.45, 7) is 1.76. The van der Waals surface area contributed by atoms with Gasteiger partial charge >= 0.3 is 12.0 Å². The molecule has 0 heterocycles. The molecular formula is C12H14ClFN2O3. The fourth-order valence-electron chi connectivity index (χ4n) is 1.28. The topological polar surface area (TPSA) is 67.4 Å². The maximum absolute atomic E-state index is 12.9. The lowest BCUT2D eigenvalue weighted by molar-refractivity contribution is -0.144. The van der Waals surface area contributed by atoms with Crippen LogP contribution in [-0.2, 0) is 9.53 Å². The van der Waals surface area contributed by atoms with Crippen molar-refractivity contribution in [3.8, 4) is 0 Å². The average molecular weight is 289 g/mol. The van der Waals surface area contributed by atoms with Gasteiger partial charge in [-0.25, -0.2) is 9.18 Å². The lowest BCUT2D eigenvalue weighted by atomic mass is 10.2. The Balaban J connectivity index is 2.47. The Morgan fingerprint density at radius 3 is 2.74 bits per heavy atom. The third-order valence-electron chi connectivity index (χ3n) is 2.35. The minimum Gasteiger partial charge on any atom is -0.469 e. The molecule has 7 heteroatoms. The van der Waals surface area contributed by atoms with Crippen molar-refractivity contribution in [3.05, 3.63) is 29.0 Å². The van der Waals surface area contributed by atoms with Crippen LogP contribution in [-0.4, -0.2) is 25.7 Å². The quantitative estimate of drug-likeness (QED) is 0.836. The summed E-state index contributed by atoms with van der Waals surface area (Å²) in [5, 5.41) is 4.88. The highest BCUT2D eigenvalue weighted by Gasteiger charge is 2.14. The predicted molar refractivity (Wildman–Crippen MR) is 69.6 cm³/mol. The molecular weight excluding hydrogens is 275 g/mol. The second-order valence-corrected chi connectivity index (χ2v) is 4.30. The highest BCUT2D eigenvalue weighted by Crippen LogP contribution is 2.19. The van der Waals surface area contributed by atoms with Gasteiger partial charge in [0.1, 0.15) is 5.82 Å². The molecule has 19 heavy (non-hydrogen) atoms. The molecule has 0 radical (unpaired) electrons. The van der Waals surface area contributed by atoms with Gasteiger partial charge in [-0.2, -0.15) is 0 Å². The van der Waals surface area contributed by atoms with Gasteiger partial charge in [0.25, 0.3) is 0 Å². The van der Waals surface area contributed by atoms with Crippen molar-refractivity contribution in [2.75, 3.05) is 19.0 Å². The van der Waals surface area contributed by atoms with Gasteiger partial charge in [-0.05, 0) is 18.2 Å². The van der Waals surface area contributed by atoms with Crippen molar-refractivity contribution in [3.63, 3.8) is 0 Å². The summed E-state index contributed by atoms with van der Waals surface area (Å²) < 4.78 is 17.4. The molecule has 0 aromatic heterocycles. The van der Waals surface area contributed by atoms with Crippen LogP contribution in [0.2, 0.25) is 5.02 Å². The third-order valence-corrected chi connectivity index (χ3v) is 2.64. The minimum absolute atomic E-state index is 0.0827. The standard InChI is InChI=1S/C12H14ClFN2O3/c1-7(11(17)19-2)6-15-12(18)16-8-3-4-10(14)9(13)5-8/h3-5,7H,6H2,1-2H3,(H2,15,16,18)/t7-/m1/s1. The highest BCUT2D eigenvalue weighted by molar-refractivity contribution is 6.31. The predicted octanol–water partition coefficient (Wildman–Crippen LogP) is 2.41. The van der Waals surface area contributed by atoms with E-state index in [0.717, 1.165) is 6.07 Å². The number of hydrogen-bond acceptors (Lipinski definition) is 3. The van der Waals surface area contributed by atoms with Gasteiger partial charge in [-0.1, -0.05) is 18.5 Å². The van der Waals surface area contributed by atoms with E-state index in [2.05, 4.69) is 15.4 Å². The van der Waals surface area contributed by atoms with Crippen molar-refractivity contribution in [1.29, 1.82) is 0 Å². The van der Waals surface area contributed by atoms with Crippen molar-refractivity contribution in [2.45, 2.75) is 6.92 Å². The van der Waals surface area contributed by atoms with E-state index >= 15 is 0 Å². The number of anilines is 1. The van der Waals surface area contributed by atoms with Gasteiger partial charge in [0, 0.05) is 12.2 Å². The van der Waals surface area contributed by atoms with Gasteiger partial charge in [0.15, 0.2) is 0 Å². The molecule has 2 amide bonds. The smallest absolute Gasteiger partial charge is 0.319 e. The number of halogens is 2. The first kappa shape index (κ1) is 15.2. The summed E-state index contributed by atoms with van der Waals surface area (Å²) in [4.78, 5) is 22.6. The number of ether oxygens (including phenoxy) is 1. The number of benzene rings is 1. The first-order valence-electron chi connectivity index (χ1n) is 5.51. The van der Waals surface area contributed by atoms with Crippen LogP contribution in [0, 0.1) is 11.7 Å². The van der Waals surface area contributed by atoms with Crippen LogP contribution >= 0.6 is 11.6 Å². The van der Waals surface area contributed by atoms with Crippen molar-refractivity contribution >= 4 is 29.3 Å². The van der Waals surface area contributed by atoms with E-state index in [1.165, 1.54) is 19.2 Å². The summed E-state index contributed by atoms with van der Waals surface area (Å²) in [6.07, 6.45) is 0. The number of methoxy groups -OCH3 is 1. The molecule has 0 aliphatic rings. The largest absolute Gasteiger partial charge is 0.469 e. The van der Waals surface area contributed by atoms with E-state index in [0.29, 0.717) is 5.69 Å². The zero-order valence-corrected chi connectivity index (χ0v) is 11.3. The minimum atomic E-state index is -0.563. The summed E-state index contributed by atoms with van der Waals surface area (Å²) >= 11 is 5.58. The van der Waals surface area contributed by atoms with Gasteiger partial charge < -0.3 is 15.4 Å². The number of carbonyl (C=O) groups is 2.